The van der Waals surface area contributed by atoms with Crippen LogP contribution in [0.1, 0.15) is 18.6 Å². The zero-order valence-corrected chi connectivity index (χ0v) is 13.9. The van der Waals surface area contributed by atoms with Crippen molar-refractivity contribution in [3.63, 3.8) is 0 Å². The summed E-state index contributed by atoms with van der Waals surface area (Å²) >= 11 is 0. The van der Waals surface area contributed by atoms with Crippen molar-refractivity contribution in [1.82, 2.24) is 4.90 Å². The Morgan fingerprint density at radius 1 is 1.00 bits per heavy atom. The summed E-state index contributed by atoms with van der Waals surface area (Å²) in [6.45, 7) is 3.63. The van der Waals surface area contributed by atoms with Gasteiger partial charge < -0.3 is 14.4 Å². The van der Waals surface area contributed by atoms with Crippen LogP contribution in [0.15, 0.2) is 48.5 Å². The highest BCUT2D eigenvalue weighted by atomic mass is 16.5. The summed E-state index contributed by atoms with van der Waals surface area (Å²) < 4.78 is 11.3. The molecule has 3 heteroatoms. The fraction of sp³-hybridized carbons (Fsp3) is 0.368. The summed E-state index contributed by atoms with van der Waals surface area (Å²) in [5.74, 6) is 0.928. The van der Waals surface area contributed by atoms with Crippen LogP contribution in [0.2, 0.25) is 0 Å². The third-order valence-corrected chi connectivity index (χ3v) is 3.73. The van der Waals surface area contributed by atoms with E-state index >= 15 is 0 Å². The van der Waals surface area contributed by atoms with E-state index in [-0.39, 0.29) is 6.10 Å². The fourth-order valence-electron chi connectivity index (χ4n) is 2.24. The summed E-state index contributed by atoms with van der Waals surface area (Å²) in [6.07, 6.45) is 0.112. The van der Waals surface area contributed by atoms with Gasteiger partial charge in [-0.2, -0.15) is 0 Å². The van der Waals surface area contributed by atoms with Gasteiger partial charge in [0.25, 0.3) is 0 Å². The van der Waals surface area contributed by atoms with Crippen molar-refractivity contribution in [3.8, 4) is 16.9 Å². The third-order valence-electron chi connectivity index (χ3n) is 3.73. The molecule has 2 aromatic carbocycles. The minimum Gasteiger partial charge on any atom is -0.492 e. The molecule has 22 heavy (non-hydrogen) atoms. The Hall–Kier alpha value is -1.84. The lowest BCUT2D eigenvalue weighted by atomic mass is 10.0. The molecular formula is C19H25NO2. The zero-order valence-electron chi connectivity index (χ0n) is 13.9. The van der Waals surface area contributed by atoms with E-state index in [0.29, 0.717) is 6.61 Å². The number of nitrogens with zero attached hydrogens (tertiary/aromatic N) is 1. The number of likely N-dealkylation sites (N-methyl/N-ethyl adjacent to an activating group) is 1. The maximum Gasteiger partial charge on any atom is 0.127 e. The second-order valence-corrected chi connectivity index (χ2v) is 5.65. The molecule has 0 aromatic heterocycles. The first-order valence-electron chi connectivity index (χ1n) is 7.61. The van der Waals surface area contributed by atoms with Crippen molar-refractivity contribution in [2.45, 2.75) is 13.0 Å². The standard InChI is InChI=1S/C19H25NO2/c1-15(21-4)16-9-11-17(12-10-16)18-7-5-6-8-19(18)22-14-13-20(2)3/h5-12,15H,13-14H2,1-4H3. The first-order chi connectivity index (χ1) is 10.6. The molecular weight excluding hydrogens is 274 g/mol. The number of rotatable bonds is 7. The Morgan fingerprint density at radius 2 is 1.68 bits per heavy atom. The average molecular weight is 299 g/mol. The van der Waals surface area contributed by atoms with E-state index in [9.17, 15) is 0 Å². The van der Waals surface area contributed by atoms with Crippen LogP contribution >= 0.6 is 0 Å². The molecule has 0 saturated heterocycles. The van der Waals surface area contributed by atoms with E-state index in [1.165, 1.54) is 5.56 Å². The lowest BCUT2D eigenvalue weighted by Crippen LogP contribution is -2.19. The van der Waals surface area contributed by atoms with E-state index in [4.69, 9.17) is 9.47 Å². The van der Waals surface area contributed by atoms with Crippen LogP contribution in [0.4, 0.5) is 0 Å². The van der Waals surface area contributed by atoms with Crippen LogP contribution in [0, 0.1) is 0 Å². The number of ether oxygens (including phenoxy) is 2. The van der Waals surface area contributed by atoms with Gasteiger partial charge in [0.05, 0.1) is 6.10 Å². The highest BCUT2D eigenvalue weighted by Crippen LogP contribution is 2.30. The highest BCUT2D eigenvalue weighted by molar-refractivity contribution is 5.70. The van der Waals surface area contributed by atoms with Gasteiger partial charge in [-0.25, -0.2) is 0 Å². The van der Waals surface area contributed by atoms with Crippen molar-refractivity contribution in [3.05, 3.63) is 54.1 Å². The summed E-state index contributed by atoms with van der Waals surface area (Å²) in [5, 5.41) is 0. The molecule has 118 valence electrons. The number of hydrogen-bond acceptors (Lipinski definition) is 3. The lowest BCUT2D eigenvalue weighted by Gasteiger charge is -2.15. The first kappa shape index (κ1) is 16.5. The number of hydrogen-bond donors (Lipinski definition) is 0. The predicted octanol–water partition coefficient (Wildman–Crippen LogP) is 4.00. The number of para-hydroxylation sites is 1. The average Bonchev–Trinajstić information content (AvgIpc) is 2.54. The van der Waals surface area contributed by atoms with Gasteiger partial charge in [-0.05, 0) is 38.2 Å². The lowest BCUT2D eigenvalue weighted by molar-refractivity contribution is 0.119. The minimum atomic E-state index is 0.112. The second kappa shape index (κ2) is 7.97. The fourth-order valence-corrected chi connectivity index (χ4v) is 2.24. The molecule has 3 nitrogen and oxygen atoms in total. The van der Waals surface area contributed by atoms with E-state index in [0.717, 1.165) is 23.4 Å². The molecule has 0 heterocycles. The second-order valence-electron chi connectivity index (χ2n) is 5.65. The smallest absolute Gasteiger partial charge is 0.127 e. The monoisotopic (exact) mass is 299 g/mol. The topological polar surface area (TPSA) is 21.7 Å². The van der Waals surface area contributed by atoms with Crippen molar-refractivity contribution in [2.75, 3.05) is 34.4 Å². The summed E-state index contributed by atoms with van der Waals surface area (Å²) in [7, 11) is 5.82. The zero-order chi connectivity index (χ0) is 15.9. The van der Waals surface area contributed by atoms with Crippen molar-refractivity contribution in [1.29, 1.82) is 0 Å². The molecule has 1 atom stereocenters. The Bertz CT molecular complexity index is 578. The highest BCUT2D eigenvalue weighted by Gasteiger charge is 2.08. The predicted molar refractivity (Wildman–Crippen MR) is 91.4 cm³/mol. The van der Waals surface area contributed by atoms with Crippen LogP contribution in [0.25, 0.3) is 11.1 Å². The van der Waals surface area contributed by atoms with Crippen molar-refractivity contribution >= 4 is 0 Å². The van der Waals surface area contributed by atoms with Crippen LogP contribution in [-0.4, -0.2) is 39.3 Å². The van der Waals surface area contributed by atoms with E-state index < -0.39 is 0 Å². The third kappa shape index (κ3) is 4.33. The number of benzene rings is 2. The van der Waals surface area contributed by atoms with Gasteiger partial charge in [0.15, 0.2) is 0 Å². The molecule has 2 aromatic rings. The summed E-state index contributed by atoms with van der Waals surface area (Å²) in [6, 6.07) is 16.6. The quantitative estimate of drug-likeness (QED) is 0.771. The molecule has 0 amide bonds. The van der Waals surface area contributed by atoms with Crippen LogP contribution < -0.4 is 4.74 Å². The Kier molecular flexibility index (Phi) is 5.99. The van der Waals surface area contributed by atoms with Crippen LogP contribution in [0.3, 0.4) is 0 Å². The molecule has 0 spiro atoms. The van der Waals surface area contributed by atoms with Crippen molar-refractivity contribution < 1.29 is 9.47 Å². The van der Waals surface area contributed by atoms with Gasteiger partial charge in [0.1, 0.15) is 12.4 Å². The molecule has 0 aliphatic carbocycles. The minimum absolute atomic E-state index is 0.112. The van der Waals surface area contributed by atoms with Gasteiger partial charge in [0, 0.05) is 19.2 Å². The molecule has 0 N–H and O–H groups in total. The molecule has 0 saturated carbocycles. The van der Waals surface area contributed by atoms with Gasteiger partial charge in [0.2, 0.25) is 0 Å². The summed E-state index contributed by atoms with van der Waals surface area (Å²) in [5.41, 5.74) is 3.46. The van der Waals surface area contributed by atoms with Crippen LogP contribution in [0.5, 0.6) is 5.75 Å². The van der Waals surface area contributed by atoms with Gasteiger partial charge >= 0.3 is 0 Å². The summed E-state index contributed by atoms with van der Waals surface area (Å²) in [4.78, 5) is 2.11. The van der Waals surface area contributed by atoms with Gasteiger partial charge in [-0.1, -0.05) is 42.5 Å². The molecule has 0 aliphatic rings. The van der Waals surface area contributed by atoms with Crippen LogP contribution in [-0.2, 0) is 4.74 Å². The first-order valence-corrected chi connectivity index (χ1v) is 7.61. The molecule has 1 unspecified atom stereocenters. The number of methoxy groups -OCH3 is 1. The van der Waals surface area contributed by atoms with Gasteiger partial charge in [-0.3, -0.25) is 0 Å². The maximum absolute atomic E-state index is 5.93. The maximum atomic E-state index is 5.93. The SMILES string of the molecule is COC(C)c1ccc(-c2ccccc2OCCN(C)C)cc1. The van der Waals surface area contributed by atoms with Crippen molar-refractivity contribution in [2.24, 2.45) is 0 Å². The van der Waals surface area contributed by atoms with Gasteiger partial charge in [-0.15, -0.1) is 0 Å². The molecule has 2 rings (SSSR count). The van der Waals surface area contributed by atoms with E-state index in [1.807, 2.05) is 39.2 Å². The molecule has 0 radical (unpaired) electrons. The Morgan fingerprint density at radius 3 is 2.32 bits per heavy atom. The Labute approximate surface area is 133 Å². The van der Waals surface area contributed by atoms with E-state index in [1.54, 1.807) is 7.11 Å². The Balaban J connectivity index is 2.17. The largest absolute Gasteiger partial charge is 0.492 e. The molecule has 0 fully saturated rings. The molecule has 0 bridgehead atoms. The molecule has 0 aliphatic heterocycles. The normalized spacial score (nSPS) is 12.4. The van der Waals surface area contributed by atoms with E-state index in [2.05, 4.69) is 35.2 Å².